The Morgan fingerprint density at radius 1 is 1.15 bits per heavy atom. The molecule has 4 nitrogen and oxygen atoms in total. The van der Waals surface area contributed by atoms with Gasteiger partial charge in [-0.2, -0.15) is 0 Å². The molecule has 0 saturated heterocycles. The number of carboxylic acids is 1. The second-order valence-electron chi connectivity index (χ2n) is 4.81. The number of hydrogen-bond acceptors (Lipinski definition) is 3. The minimum absolute atomic E-state index is 0.00706. The third-order valence-corrected chi connectivity index (χ3v) is 3.12. The maximum Gasteiger partial charge on any atom is 0.307 e. The van der Waals surface area contributed by atoms with Crippen LogP contribution in [0.1, 0.15) is 11.1 Å². The molecule has 2 aromatic carbocycles. The zero-order chi connectivity index (χ0) is 14.5. The fourth-order valence-corrected chi connectivity index (χ4v) is 2.18. The Bertz CT molecular complexity index is 597. The number of nitrogens with two attached hydrogens (primary N) is 1. The van der Waals surface area contributed by atoms with Crippen molar-refractivity contribution < 1.29 is 9.90 Å². The third-order valence-electron chi connectivity index (χ3n) is 3.12. The first kappa shape index (κ1) is 13.9. The molecule has 0 spiro atoms. The zero-order valence-corrected chi connectivity index (χ0v) is 11.4. The number of carbonyl (C=O) groups is 1. The van der Waals surface area contributed by atoms with Gasteiger partial charge < -0.3 is 15.7 Å². The molecule has 20 heavy (non-hydrogen) atoms. The second kappa shape index (κ2) is 6.10. The third kappa shape index (κ3) is 3.51. The van der Waals surface area contributed by atoms with Gasteiger partial charge in [0.05, 0.1) is 17.8 Å². The Morgan fingerprint density at radius 2 is 1.85 bits per heavy atom. The molecule has 3 N–H and O–H groups in total. The van der Waals surface area contributed by atoms with Gasteiger partial charge in [-0.25, -0.2) is 0 Å². The molecule has 0 atom stereocenters. The Hall–Kier alpha value is -2.49. The van der Waals surface area contributed by atoms with Crippen molar-refractivity contribution in [2.75, 3.05) is 17.7 Å². The van der Waals surface area contributed by atoms with Gasteiger partial charge in [-0.1, -0.05) is 36.4 Å². The van der Waals surface area contributed by atoms with Crippen LogP contribution < -0.4 is 10.6 Å². The number of rotatable bonds is 5. The molecule has 2 rings (SSSR count). The molecular weight excluding hydrogens is 252 g/mol. The zero-order valence-electron chi connectivity index (χ0n) is 11.4. The fourth-order valence-electron chi connectivity index (χ4n) is 2.18. The first-order chi connectivity index (χ1) is 9.56. The molecule has 0 heterocycles. The van der Waals surface area contributed by atoms with E-state index < -0.39 is 5.97 Å². The number of carboxylic acid groups (broad SMARTS) is 1. The average Bonchev–Trinajstić information content (AvgIpc) is 2.39. The van der Waals surface area contributed by atoms with E-state index in [0.717, 1.165) is 12.2 Å². The highest BCUT2D eigenvalue weighted by Crippen LogP contribution is 2.25. The largest absolute Gasteiger partial charge is 0.481 e. The van der Waals surface area contributed by atoms with Gasteiger partial charge in [0, 0.05) is 13.6 Å². The number of benzene rings is 2. The lowest BCUT2D eigenvalue weighted by Gasteiger charge is -2.21. The second-order valence-corrected chi connectivity index (χ2v) is 4.81. The van der Waals surface area contributed by atoms with E-state index >= 15 is 0 Å². The van der Waals surface area contributed by atoms with Crippen LogP contribution in [0.3, 0.4) is 0 Å². The number of nitrogen functional groups attached to an aromatic ring is 1. The topological polar surface area (TPSA) is 66.6 Å². The summed E-state index contributed by atoms with van der Waals surface area (Å²) in [5.74, 6) is -0.852. The van der Waals surface area contributed by atoms with Gasteiger partial charge in [0.2, 0.25) is 0 Å². The predicted octanol–water partition coefficient (Wildman–Crippen LogP) is 2.53. The van der Waals surface area contributed by atoms with Crippen LogP contribution in [0.25, 0.3) is 0 Å². The van der Waals surface area contributed by atoms with Gasteiger partial charge in [0.1, 0.15) is 0 Å². The molecule has 104 valence electrons. The molecule has 0 bridgehead atoms. The van der Waals surface area contributed by atoms with E-state index in [9.17, 15) is 4.79 Å². The lowest BCUT2D eigenvalue weighted by Crippen LogP contribution is -2.18. The summed E-state index contributed by atoms with van der Waals surface area (Å²) in [4.78, 5) is 12.7. The smallest absolute Gasteiger partial charge is 0.307 e. The molecule has 0 aliphatic rings. The van der Waals surface area contributed by atoms with Crippen molar-refractivity contribution in [2.45, 2.75) is 13.0 Å². The average molecular weight is 270 g/mol. The summed E-state index contributed by atoms with van der Waals surface area (Å²) in [5.41, 5.74) is 9.43. The Kier molecular flexibility index (Phi) is 4.25. The SMILES string of the molecule is CN(Cc1ccccc1)c1ccc(CC(=O)O)cc1N. The molecule has 0 fully saturated rings. The van der Waals surface area contributed by atoms with Crippen molar-refractivity contribution in [3.8, 4) is 0 Å². The minimum atomic E-state index is -0.852. The summed E-state index contributed by atoms with van der Waals surface area (Å²) in [6.45, 7) is 0.753. The fraction of sp³-hybridized carbons (Fsp3) is 0.188. The van der Waals surface area contributed by atoms with Crippen molar-refractivity contribution in [3.63, 3.8) is 0 Å². The van der Waals surface area contributed by atoms with E-state index in [1.54, 1.807) is 12.1 Å². The van der Waals surface area contributed by atoms with E-state index in [-0.39, 0.29) is 6.42 Å². The van der Waals surface area contributed by atoms with Crippen molar-refractivity contribution in [2.24, 2.45) is 0 Å². The lowest BCUT2D eigenvalue weighted by molar-refractivity contribution is -0.136. The molecule has 0 aliphatic heterocycles. The summed E-state index contributed by atoms with van der Waals surface area (Å²) >= 11 is 0. The van der Waals surface area contributed by atoms with E-state index in [1.807, 2.05) is 31.3 Å². The molecule has 0 unspecified atom stereocenters. The Labute approximate surface area is 118 Å². The minimum Gasteiger partial charge on any atom is -0.481 e. The van der Waals surface area contributed by atoms with Crippen molar-refractivity contribution in [3.05, 3.63) is 59.7 Å². The summed E-state index contributed by atoms with van der Waals surface area (Å²) in [5, 5.41) is 8.78. The highest BCUT2D eigenvalue weighted by Gasteiger charge is 2.08. The summed E-state index contributed by atoms with van der Waals surface area (Å²) in [6, 6.07) is 15.5. The summed E-state index contributed by atoms with van der Waals surface area (Å²) < 4.78 is 0. The molecular formula is C16H18N2O2. The monoisotopic (exact) mass is 270 g/mol. The summed E-state index contributed by atoms with van der Waals surface area (Å²) in [7, 11) is 1.97. The normalized spacial score (nSPS) is 10.2. The number of hydrogen-bond donors (Lipinski definition) is 2. The van der Waals surface area contributed by atoms with Crippen LogP contribution in [0.15, 0.2) is 48.5 Å². The van der Waals surface area contributed by atoms with E-state index in [1.165, 1.54) is 5.56 Å². The Balaban J connectivity index is 2.14. The number of aliphatic carboxylic acids is 1. The maximum atomic E-state index is 10.7. The lowest BCUT2D eigenvalue weighted by atomic mass is 10.1. The molecule has 0 aromatic heterocycles. The van der Waals surface area contributed by atoms with Gasteiger partial charge in [-0.05, 0) is 23.3 Å². The predicted molar refractivity (Wildman–Crippen MR) is 80.7 cm³/mol. The van der Waals surface area contributed by atoms with Crippen LogP contribution in [0.2, 0.25) is 0 Å². The molecule has 0 radical (unpaired) electrons. The standard InChI is InChI=1S/C16H18N2O2/c1-18(11-12-5-3-2-4-6-12)15-8-7-13(9-14(15)17)10-16(19)20/h2-9H,10-11,17H2,1H3,(H,19,20). The van der Waals surface area contributed by atoms with Crippen molar-refractivity contribution in [1.29, 1.82) is 0 Å². The molecule has 0 aliphatic carbocycles. The maximum absolute atomic E-state index is 10.7. The highest BCUT2D eigenvalue weighted by atomic mass is 16.4. The van der Waals surface area contributed by atoms with Gasteiger partial charge in [-0.3, -0.25) is 4.79 Å². The van der Waals surface area contributed by atoms with Crippen molar-refractivity contribution in [1.82, 2.24) is 0 Å². The molecule has 0 amide bonds. The van der Waals surface area contributed by atoms with E-state index in [2.05, 4.69) is 17.0 Å². The highest BCUT2D eigenvalue weighted by molar-refractivity contribution is 5.74. The molecule has 2 aromatic rings. The van der Waals surface area contributed by atoms with E-state index in [4.69, 9.17) is 10.8 Å². The van der Waals surface area contributed by atoms with Crippen LogP contribution in [-0.2, 0) is 17.8 Å². The van der Waals surface area contributed by atoms with Gasteiger partial charge in [0.25, 0.3) is 0 Å². The van der Waals surface area contributed by atoms with Gasteiger partial charge >= 0.3 is 5.97 Å². The summed E-state index contributed by atoms with van der Waals surface area (Å²) in [6.07, 6.45) is -0.00706. The first-order valence-corrected chi connectivity index (χ1v) is 6.41. The van der Waals surface area contributed by atoms with Crippen molar-refractivity contribution >= 4 is 17.3 Å². The molecule has 4 heteroatoms. The van der Waals surface area contributed by atoms with Gasteiger partial charge in [-0.15, -0.1) is 0 Å². The van der Waals surface area contributed by atoms with Crippen LogP contribution in [0.5, 0.6) is 0 Å². The Morgan fingerprint density at radius 3 is 2.45 bits per heavy atom. The van der Waals surface area contributed by atoms with Crippen LogP contribution in [-0.4, -0.2) is 18.1 Å². The number of anilines is 2. The number of nitrogens with zero attached hydrogens (tertiary/aromatic N) is 1. The van der Waals surface area contributed by atoms with Crippen LogP contribution in [0, 0.1) is 0 Å². The van der Waals surface area contributed by atoms with Gasteiger partial charge in [0.15, 0.2) is 0 Å². The van der Waals surface area contributed by atoms with E-state index in [0.29, 0.717) is 11.3 Å². The van der Waals surface area contributed by atoms with Crippen LogP contribution in [0.4, 0.5) is 11.4 Å². The molecule has 0 saturated carbocycles. The van der Waals surface area contributed by atoms with Crippen LogP contribution >= 0.6 is 0 Å². The first-order valence-electron chi connectivity index (χ1n) is 6.41. The quantitative estimate of drug-likeness (QED) is 0.819.